The molecule has 0 unspecified atom stereocenters. The van der Waals surface area contributed by atoms with Crippen molar-refractivity contribution in [3.63, 3.8) is 0 Å². The maximum absolute atomic E-state index is 5.89. The molecule has 3 aromatic carbocycles. The van der Waals surface area contributed by atoms with E-state index in [4.69, 9.17) is 14.7 Å². The van der Waals surface area contributed by atoms with Crippen molar-refractivity contribution in [2.45, 2.75) is 26.9 Å². The van der Waals surface area contributed by atoms with Crippen LogP contribution in [-0.2, 0) is 6.61 Å². The molecule has 1 N–H and O–H groups in total. The minimum Gasteiger partial charge on any atom is -0.489 e. The molecular formula is C30H34N4O. The Morgan fingerprint density at radius 3 is 2.34 bits per heavy atom. The SMILES string of the molecule is CCN(CC)CCCNc1nc(/C=C/c2ccc(OCc3ccccc3)cc2)nc2ccccc12. The average Bonchev–Trinajstić information content (AvgIpc) is 2.92. The average molecular weight is 467 g/mol. The van der Waals surface area contributed by atoms with Crippen LogP contribution in [0.25, 0.3) is 23.1 Å². The van der Waals surface area contributed by atoms with Gasteiger partial charge < -0.3 is 15.0 Å². The lowest BCUT2D eigenvalue weighted by Crippen LogP contribution is -2.25. The molecule has 0 aliphatic carbocycles. The van der Waals surface area contributed by atoms with Crippen molar-refractivity contribution < 1.29 is 4.74 Å². The van der Waals surface area contributed by atoms with E-state index in [0.717, 1.165) is 66.2 Å². The first-order chi connectivity index (χ1) is 17.2. The molecule has 0 aliphatic heterocycles. The van der Waals surface area contributed by atoms with Gasteiger partial charge in [0.1, 0.15) is 18.2 Å². The smallest absolute Gasteiger partial charge is 0.154 e. The third kappa shape index (κ3) is 7.14. The van der Waals surface area contributed by atoms with E-state index in [-0.39, 0.29) is 0 Å². The summed E-state index contributed by atoms with van der Waals surface area (Å²) in [4.78, 5) is 12.0. The third-order valence-corrected chi connectivity index (χ3v) is 6.01. The Morgan fingerprint density at radius 1 is 0.829 bits per heavy atom. The summed E-state index contributed by atoms with van der Waals surface area (Å²) in [5.74, 6) is 2.43. The molecule has 0 spiro atoms. The maximum Gasteiger partial charge on any atom is 0.154 e. The van der Waals surface area contributed by atoms with Gasteiger partial charge in [-0.05, 0) is 67.5 Å². The van der Waals surface area contributed by atoms with E-state index in [9.17, 15) is 0 Å². The van der Waals surface area contributed by atoms with E-state index in [1.807, 2.05) is 72.8 Å². The van der Waals surface area contributed by atoms with Gasteiger partial charge in [0.2, 0.25) is 0 Å². The molecule has 35 heavy (non-hydrogen) atoms. The number of anilines is 1. The Balaban J connectivity index is 1.41. The number of benzene rings is 3. The number of nitrogens with zero attached hydrogens (tertiary/aromatic N) is 3. The standard InChI is InChI=1S/C30H34N4O/c1-3-34(4-2)22-10-21-31-30-27-13-8-9-14-28(27)32-29(33-30)20-17-24-15-18-26(19-16-24)35-23-25-11-6-5-7-12-25/h5-9,11-20H,3-4,10,21-23H2,1-2H3,(H,31,32,33)/b20-17+. The Kier molecular flexibility index (Phi) is 8.85. The predicted molar refractivity (Wildman–Crippen MR) is 147 cm³/mol. The zero-order valence-corrected chi connectivity index (χ0v) is 20.7. The van der Waals surface area contributed by atoms with E-state index >= 15 is 0 Å². The monoisotopic (exact) mass is 466 g/mol. The van der Waals surface area contributed by atoms with Crippen LogP contribution in [0.2, 0.25) is 0 Å². The minimum atomic E-state index is 0.561. The van der Waals surface area contributed by atoms with Crippen molar-refractivity contribution in [2.75, 3.05) is 31.5 Å². The molecule has 5 heteroatoms. The fourth-order valence-corrected chi connectivity index (χ4v) is 3.94. The van der Waals surface area contributed by atoms with E-state index < -0.39 is 0 Å². The summed E-state index contributed by atoms with van der Waals surface area (Å²) in [5, 5.41) is 4.59. The normalized spacial score (nSPS) is 11.4. The number of nitrogens with one attached hydrogen (secondary N) is 1. The number of aromatic nitrogens is 2. The highest BCUT2D eigenvalue weighted by atomic mass is 16.5. The van der Waals surface area contributed by atoms with Crippen LogP contribution >= 0.6 is 0 Å². The number of fused-ring (bicyclic) bond motifs is 1. The fraction of sp³-hybridized carbons (Fsp3) is 0.267. The molecule has 1 aromatic heterocycles. The van der Waals surface area contributed by atoms with Crippen molar-refractivity contribution in [1.29, 1.82) is 0 Å². The second-order valence-corrected chi connectivity index (χ2v) is 8.43. The van der Waals surface area contributed by atoms with Crippen molar-refractivity contribution in [3.05, 3.63) is 95.8 Å². The molecule has 0 bridgehead atoms. The van der Waals surface area contributed by atoms with Crippen LogP contribution in [0.15, 0.2) is 78.9 Å². The first kappa shape index (κ1) is 24.4. The molecule has 180 valence electrons. The van der Waals surface area contributed by atoms with Gasteiger partial charge in [0.15, 0.2) is 5.82 Å². The fourth-order valence-electron chi connectivity index (χ4n) is 3.94. The summed E-state index contributed by atoms with van der Waals surface area (Å²) < 4.78 is 5.89. The molecule has 0 amide bonds. The zero-order chi connectivity index (χ0) is 24.3. The van der Waals surface area contributed by atoms with Gasteiger partial charge in [-0.1, -0.05) is 74.5 Å². The van der Waals surface area contributed by atoms with Crippen molar-refractivity contribution in [1.82, 2.24) is 14.9 Å². The summed E-state index contributed by atoms with van der Waals surface area (Å²) in [6.45, 7) is 9.11. The third-order valence-electron chi connectivity index (χ3n) is 6.01. The van der Waals surface area contributed by atoms with E-state index in [2.05, 4.69) is 42.3 Å². The molecule has 0 saturated carbocycles. The summed E-state index contributed by atoms with van der Waals surface area (Å²) in [7, 11) is 0. The molecule has 4 rings (SSSR count). The predicted octanol–water partition coefficient (Wildman–Crippen LogP) is 6.52. The topological polar surface area (TPSA) is 50.3 Å². The van der Waals surface area contributed by atoms with Gasteiger partial charge in [-0.3, -0.25) is 0 Å². The highest BCUT2D eigenvalue weighted by Gasteiger charge is 2.06. The molecule has 0 saturated heterocycles. The van der Waals surface area contributed by atoms with E-state index in [1.165, 1.54) is 0 Å². The Labute approximate surface area is 208 Å². The maximum atomic E-state index is 5.89. The number of hydrogen-bond acceptors (Lipinski definition) is 5. The number of para-hydroxylation sites is 1. The van der Waals surface area contributed by atoms with Crippen LogP contribution in [0.1, 0.15) is 37.2 Å². The lowest BCUT2D eigenvalue weighted by molar-refractivity contribution is 0.303. The van der Waals surface area contributed by atoms with Gasteiger partial charge in [0, 0.05) is 11.9 Å². The lowest BCUT2D eigenvalue weighted by Gasteiger charge is -2.18. The van der Waals surface area contributed by atoms with Crippen LogP contribution in [0.3, 0.4) is 0 Å². The molecule has 4 aromatic rings. The second-order valence-electron chi connectivity index (χ2n) is 8.43. The minimum absolute atomic E-state index is 0.561. The van der Waals surface area contributed by atoms with Gasteiger partial charge in [-0.25, -0.2) is 9.97 Å². The summed E-state index contributed by atoms with van der Waals surface area (Å²) >= 11 is 0. The van der Waals surface area contributed by atoms with Gasteiger partial charge in [0.25, 0.3) is 0 Å². The van der Waals surface area contributed by atoms with Crippen molar-refractivity contribution in [3.8, 4) is 5.75 Å². The highest BCUT2D eigenvalue weighted by molar-refractivity contribution is 5.90. The number of rotatable bonds is 12. The van der Waals surface area contributed by atoms with Crippen LogP contribution in [-0.4, -0.2) is 41.0 Å². The summed E-state index contributed by atoms with van der Waals surface area (Å²) in [5.41, 5.74) is 3.17. The van der Waals surface area contributed by atoms with Gasteiger partial charge in [-0.15, -0.1) is 0 Å². The highest BCUT2D eigenvalue weighted by Crippen LogP contribution is 2.21. The van der Waals surface area contributed by atoms with Gasteiger partial charge in [0.05, 0.1) is 5.52 Å². The molecule has 1 heterocycles. The Bertz CT molecular complexity index is 1220. The molecular weight excluding hydrogens is 432 g/mol. The summed E-state index contributed by atoms with van der Waals surface area (Å²) in [6, 6.07) is 26.4. The van der Waals surface area contributed by atoms with Crippen LogP contribution < -0.4 is 10.1 Å². The molecule has 0 fully saturated rings. The largest absolute Gasteiger partial charge is 0.489 e. The van der Waals surface area contributed by atoms with Crippen LogP contribution in [0.5, 0.6) is 5.75 Å². The van der Waals surface area contributed by atoms with Crippen LogP contribution in [0, 0.1) is 0 Å². The quantitative estimate of drug-likeness (QED) is 0.241. The molecule has 0 aliphatic rings. The Hall–Kier alpha value is -3.70. The number of hydrogen-bond donors (Lipinski definition) is 1. The zero-order valence-electron chi connectivity index (χ0n) is 20.7. The van der Waals surface area contributed by atoms with Crippen LogP contribution in [0.4, 0.5) is 5.82 Å². The van der Waals surface area contributed by atoms with Crippen molar-refractivity contribution >= 4 is 28.9 Å². The first-order valence-corrected chi connectivity index (χ1v) is 12.4. The summed E-state index contributed by atoms with van der Waals surface area (Å²) in [6.07, 6.45) is 5.08. The van der Waals surface area contributed by atoms with Gasteiger partial charge >= 0.3 is 0 Å². The lowest BCUT2D eigenvalue weighted by atomic mass is 10.2. The molecule has 0 atom stereocenters. The molecule has 0 radical (unpaired) electrons. The number of ether oxygens (including phenoxy) is 1. The first-order valence-electron chi connectivity index (χ1n) is 12.4. The van der Waals surface area contributed by atoms with Crippen molar-refractivity contribution in [2.24, 2.45) is 0 Å². The van der Waals surface area contributed by atoms with Gasteiger partial charge in [-0.2, -0.15) is 0 Å². The van der Waals surface area contributed by atoms with E-state index in [0.29, 0.717) is 12.4 Å². The Morgan fingerprint density at radius 2 is 1.57 bits per heavy atom. The second kappa shape index (κ2) is 12.7. The van der Waals surface area contributed by atoms with E-state index in [1.54, 1.807) is 0 Å². The molecule has 5 nitrogen and oxygen atoms in total.